The molecule has 0 saturated heterocycles. The van der Waals surface area contributed by atoms with Gasteiger partial charge < -0.3 is 10.1 Å². The minimum absolute atomic E-state index is 0.0867. The summed E-state index contributed by atoms with van der Waals surface area (Å²) in [5.74, 6) is -1.33. The monoisotopic (exact) mass is 555 g/mol. The summed E-state index contributed by atoms with van der Waals surface area (Å²) < 4.78 is 44.1. The Hall–Kier alpha value is -3.78. The van der Waals surface area contributed by atoms with Gasteiger partial charge in [-0.2, -0.15) is 18.4 Å². The number of carbonyl (C=O) groups excluding carboxylic acids is 1. The van der Waals surface area contributed by atoms with Crippen LogP contribution in [-0.4, -0.2) is 10.8 Å². The van der Waals surface area contributed by atoms with Crippen molar-refractivity contribution in [2.24, 2.45) is 0 Å². The minimum atomic E-state index is -4.78. The molecule has 184 valence electrons. The van der Waals surface area contributed by atoms with Gasteiger partial charge in [-0.25, -0.2) is 0 Å². The normalized spacial score (nSPS) is 11.5. The van der Waals surface area contributed by atoms with Crippen LogP contribution in [0.2, 0.25) is 15.1 Å². The molecule has 0 atom stereocenters. The third-order valence-corrected chi connectivity index (χ3v) is 5.36. The maximum atomic E-state index is 12.9. The van der Waals surface area contributed by atoms with Crippen LogP contribution >= 0.6 is 34.8 Å². The van der Waals surface area contributed by atoms with Crippen molar-refractivity contribution >= 4 is 58.2 Å². The van der Waals surface area contributed by atoms with Gasteiger partial charge in [-0.15, -0.1) is 0 Å². The van der Waals surface area contributed by atoms with E-state index in [4.69, 9.17) is 39.5 Å². The number of nitrogens with zero attached hydrogens (tertiary/aromatic N) is 2. The predicted octanol–water partition coefficient (Wildman–Crippen LogP) is 7.91. The molecule has 0 aliphatic carbocycles. The zero-order chi connectivity index (χ0) is 26.6. The zero-order valence-corrected chi connectivity index (χ0v) is 19.8. The van der Waals surface area contributed by atoms with E-state index in [1.54, 1.807) is 6.07 Å². The van der Waals surface area contributed by atoms with E-state index in [-0.39, 0.29) is 27.1 Å². The van der Waals surface area contributed by atoms with E-state index in [2.05, 4.69) is 5.32 Å². The van der Waals surface area contributed by atoms with Crippen LogP contribution in [0.3, 0.4) is 0 Å². The lowest BCUT2D eigenvalue weighted by Gasteiger charge is -2.11. The van der Waals surface area contributed by atoms with Gasteiger partial charge >= 0.3 is 11.9 Å². The fourth-order valence-electron chi connectivity index (χ4n) is 2.83. The van der Waals surface area contributed by atoms with Gasteiger partial charge in [-0.3, -0.25) is 14.9 Å². The van der Waals surface area contributed by atoms with Crippen LogP contribution < -0.4 is 10.1 Å². The van der Waals surface area contributed by atoms with Crippen molar-refractivity contribution in [2.75, 3.05) is 5.32 Å². The summed E-state index contributed by atoms with van der Waals surface area (Å²) in [5.41, 5.74) is -1.90. The van der Waals surface area contributed by atoms with Crippen LogP contribution in [0.15, 0.2) is 60.2 Å². The molecule has 3 aromatic carbocycles. The smallest absolute Gasteiger partial charge is 0.416 e. The molecule has 0 unspecified atom stereocenters. The molecule has 3 rings (SSSR count). The molecule has 1 N–H and O–H groups in total. The van der Waals surface area contributed by atoms with Gasteiger partial charge in [0.05, 0.1) is 26.2 Å². The van der Waals surface area contributed by atoms with Crippen LogP contribution in [0.5, 0.6) is 11.5 Å². The second-order valence-electron chi connectivity index (χ2n) is 6.98. The lowest BCUT2D eigenvalue weighted by molar-refractivity contribution is -0.385. The molecule has 3 aromatic rings. The van der Waals surface area contributed by atoms with Gasteiger partial charge in [0.15, 0.2) is 0 Å². The summed E-state index contributed by atoms with van der Waals surface area (Å²) in [6, 6.07) is 11.9. The Labute approximate surface area is 216 Å². The number of nitriles is 1. The minimum Gasteiger partial charge on any atom is -0.449 e. The molecule has 1 amide bonds. The topological polar surface area (TPSA) is 105 Å². The Morgan fingerprint density at radius 3 is 2.31 bits per heavy atom. The molecule has 0 fully saturated rings. The Balaban J connectivity index is 1.85. The van der Waals surface area contributed by atoms with Gasteiger partial charge in [0.1, 0.15) is 17.4 Å². The number of halogens is 6. The first-order valence-electron chi connectivity index (χ1n) is 9.60. The molecule has 13 heteroatoms. The van der Waals surface area contributed by atoms with Crippen molar-refractivity contribution in [3.05, 3.63) is 96.5 Å². The molecule has 7 nitrogen and oxygen atoms in total. The molecule has 36 heavy (non-hydrogen) atoms. The highest BCUT2D eigenvalue weighted by Gasteiger charge is 2.33. The highest BCUT2D eigenvalue weighted by atomic mass is 35.5. The number of ether oxygens (including phenoxy) is 1. The van der Waals surface area contributed by atoms with E-state index in [0.29, 0.717) is 22.7 Å². The van der Waals surface area contributed by atoms with Crippen LogP contribution in [0.25, 0.3) is 6.08 Å². The third kappa shape index (κ3) is 6.46. The molecule has 0 spiro atoms. The van der Waals surface area contributed by atoms with Crippen molar-refractivity contribution in [2.45, 2.75) is 6.18 Å². The van der Waals surface area contributed by atoms with Crippen molar-refractivity contribution in [1.29, 1.82) is 5.26 Å². The van der Waals surface area contributed by atoms with E-state index in [1.165, 1.54) is 42.5 Å². The van der Waals surface area contributed by atoms with Crippen molar-refractivity contribution in [1.82, 2.24) is 0 Å². The second kappa shape index (κ2) is 10.9. The number of nitro groups is 1. The van der Waals surface area contributed by atoms with Crippen LogP contribution in [0, 0.1) is 21.4 Å². The number of anilines is 1. The molecular weight excluding hydrogens is 546 g/mol. The van der Waals surface area contributed by atoms with Gasteiger partial charge in [-0.05, 0) is 54.1 Å². The second-order valence-corrected chi connectivity index (χ2v) is 8.23. The van der Waals surface area contributed by atoms with Crippen LogP contribution in [0.1, 0.15) is 11.1 Å². The molecule has 0 aromatic heterocycles. The maximum Gasteiger partial charge on any atom is 0.416 e. The van der Waals surface area contributed by atoms with E-state index in [0.717, 1.165) is 6.07 Å². The van der Waals surface area contributed by atoms with E-state index >= 15 is 0 Å². The van der Waals surface area contributed by atoms with Gasteiger partial charge in [0.2, 0.25) is 5.75 Å². The predicted molar refractivity (Wildman–Crippen MR) is 128 cm³/mol. The summed E-state index contributed by atoms with van der Waals surface area (Å²) >= 11 is 18.0. The molecule has 0 heterocycles. The number of carbonyl (C=O) groups is 1. The fraction of sp³-hybridized carbons (Fsp3) is 0.0435. The number of benzene rings is 3. The van der Waals surface area contributed by atoms with Gasteiger partial charge in [0.25, 0.3) is 5.91 Å². The van der Waals surface area contributed by atoms with Crippen molar-refractivity contribution in [3.63, 3.8) is 0 Å². The SMILES string of the molecule is N#C/C(=C/c1ccc(Oc2ccc(C(F)(F)F)cc2[N+](=O)[O-])c(Cl)c1)C(=O)Nc1ccc(Cl)cc1Cl. The quantitative estimate of drug-likeness (QED) is 0.144. The first-order valence-corrected chi connectivity index (χ1v) is 10.7. The standard InChI is InChI=1S/C23H11Cl3F3N3O4/c24-15-3-4-18(16(25)10-15)31-22(33)13(11-30)7-12-1-5-20(17(26)8-12)36-21-6-2-14(23(27,28)29)9-19(21)32(34)35/h1-10H,(H,31,33)/b13-7-. The average molecular weight is 557 g/mol. The summed E-state index contributed by atoms with van der Waals surface area (Å²) in [6.07, 6.45) is -3.56. The van der Waals surface area contributed by atoms with Crippen molar-refractivity contribution in [3.8, 4) is 17.6 Å². The first kappa shape index (κ1) is 26.8. The molecular formula is C23H11Cl3F3N3O4. The third-order valence-electron chi connectivity index (χ3n) is 4.51. The highest BCUT2D eigenvalue weighted by Crippen LogP contribution is 2.39. The van der Waals surface area contributed by atoms with Gasteiger partial charge in [0, 0.05) is 11.1 Å². The Morgan fingerprint density at radius 2 is 1.72 bits per heavy atom. The zero-order valence-electron chi connectivity index (χ0n) is 17.6. The summed E-state index contributed by atoms with van der Waals surface area (Å²) in [7, 11) is 0. The lowest BCUT2D eigenvalue weighted by Crippen LogP contribution is -2.13. The lowest BCUT2D eigenvalue weighted by atomic mass is 10.1. The van der Waals surface area contributed by atoms with Crippen molar-refractivity contribution < 1.29 is 27.6 Å². The molecule has 0 radical (unpaired) electrons. The van der Waals surface area contributed by atoms with Crippen LogP contribution in [-0.2, 0) is 11.0 Å². The fourth-order valence-corrected chi connectivity index (χ4v) is 3.51. The maximum absolute atomic E-state index is 12.9. The summed E-state index contributed by atoms with van der Waals surface area (Å²) in [6.45, 7) is 0. The summed E-state index contributed by atoms with van der Waals surface area (Å²) in [5, 5.41) is 23.6. The number of nitrogens with one attached hydrogen (secondary N) is 1. The van der Waals surface area contributed by atoms with E-state index < -0.39 is 34.0 Å². The number of amides is 1. The Kier molecular flexibility index (Phi) is 8.10. The Morgan fingerprint density at radius 1 is 1.03 bits per heavy atom. The Bertz CT molecular complexity index is 1440. The van der Waals surface area contributed by atoms with Gasteiger partial charge in [-0.1, -0.05) is 40.9 Å². The first-order chi connectivity index (χ1) is 16.9. The number of rotatable bonds is 6. The molecule has 0 aliphatic heterocycles. The number of hydrogen-bond acceptors (Lipinski definition) is 5. The number of alkyl halides is 3. The number of hydrogen-bond donors (Lipinski definition) is 1. The van der Waals surface area contributed by atoms with E-state index in [1.807, 2.05) is 0 Å². The number of nitro benzene ring substituents is 1. The molecule has 0 bridgehead atoms. The molecule has 0 saturated carbocycles. The highest BCUT2D eigenvalue weighted by molar-refractivity contribution is 6.37. The average Bonchev–Trinajstić information content (AvgIpc) is 2.80. The van der Waals surface area contributed by atoms with Crippen LogP contribution in [0.4, 0.5) is 24.5 Å². The largest absolute Gasteiger partial charge is 0.449 e. The van der Waals surface area contributed by atoms with E-state index in [9.17, 15) is 33.3 Å². The summed E-state index contributed by atoms with van der Waals surface area (Å²) in [4.78, 5) is 22.7. The molecule has 0 aliphatic rings.